The quantitative estimate of drug-likeness (QED) is 0.782. The van der Waals surface area contributed by atoms with Gasteiger partial charge in [-0.2, -0.15) is 5.10 Å². The molecule has 0 radical (unpaired) electrons. The number of hydrogen-bond donors (Lipinski definition) is 1. The molecule has 0 saturated carbocycles. The largest absolute Gasteiger partial charge is 0.313 e. The van der Waals surface area contributed by atoms with Crippen molar-refractivity contribution in [2.75, 3.05) is 6.54 Å². The lowest BCUT2D eigenvalue weighted by molar-refractivity contribution is 0.138. The van der Waals surface area contributed by atoms with Crippen LogP contribution in [0.5, 0.6) is 0 Å². The Morgan fingerprint density at radius 2 is 2.00 bits per heavy atom. The summed E-state index contributed by atoms with van der Waals surface area (Å²) in [5.74, 6) is 0. The highest BCUT2D eigenvalue weighted by molar-refractivity contribution is 6.30. The maximum Gasteiger partial charge on any atom is 0.280 e. The summed E-state index contributed by atoms with van der Waals surface area (Å²) in [5, 5.41) is 7.85. The Labute approximate surface area is 127 Å². The minimum Gasteiger partial charge on any atom is -0.313 e. The molecule has 2 aromatic rings. The monoisotopic (exact) mass is 313 g/mol. The third kappa shape index (κ3) is 4.25. The molecule has 1 aromatic heterocycles. The van der Waals surface area contributed by atoms with Crippen LogP contribution < -0.4 is 5.32 Å². The van der Waals surface area contributed by atoms with Crippen molar-refractivity contribution >= 4 is 11.6 Å². The third-order valence-electron chi connectivity index (χ3n) is 3.15. The maximum absolute atomic E-state index is 13.3. The molecule has 6 heteroatoms. The molecule has 0 atom stereocenters. The first-order valence-corrected chi connectivity index (χ1v) is 7.27. The fourth-order valence-electron chi connectivity index (χ4n) is 2.11. The lowest BCUT2D eigenvalue weighted by Gasteiger charge is -2.10. The predicted molar refractivity (Wildman–Crippen MR) is 79.7 cm³/mol. The maximum atomic E-state index is 13.3. The van der Waals surface area contributed by atoms with E-state index in [-0.39, 0.29) is 5.69 Å². The molecule has 0 bridgehead atoms. The zero-order valence-electron chi connectivity index (χ0n) is 11.8. The summed E-state index contributed by atoms with van der Waals surface area (Å²) in [6, 6.07) is 7.11. The van der Waals surface area contributed by atoms with Crippen molar-refractivity contribution in [3.05, 3.63) is 52.3 Å². The average Bonchev–Trinajstić information content (AvgIpc) is 2.85. The lowest BCUT2D eigenvalue weighted by Crippen LogP contribution is -2.15. The Balaban J connectivity index is 2.16. The van der Waals surface area contributed by atoms with Gasteiger partial charge in [0.05, 0.1) is 12.7 Å². The first kappa shape index (κ1) is 15.9. The smallest absolute Gasteiger partial charge is 0.280 e. The normalized spacial score (nSPS) is 11.3. The van der Waals surface area contributed by atoms with Gasteiger partial charge in [0, 0.05) is 17.1 Å². The van der Waals surface area contributed by atoms with Crippen LogP contribution in [-0.4, -0.2) is 16.3 Å². The van der Waals surface area contributed by atoms with Crippen molar-refractivity contribution in [3.8, 4) is 0 Å². The molecule has 0 spiro atoms. The second-order valence-corrected chi connectivity index (χ2v) is 5.25. The van der Waals surface area contributed by atoms with Gasteiger partial charge >= 0.3 is 0 Å². The Bertz CT molecular complexity index is 567. The van der Waals surface area contributed by atoms with Crippen molar-refractivity contribution in [3.63, 3.8) is 0 Å². The number of nitrogens with zero attached hydrogens (tertiary/aromatic N) is 2. The molecule has 0 amide bonds. The summed E-state index contributed by atoms with van der Waals surface area (Å²) in [6.45, 7) is 3.55. The van der Waals surface area contributed by atoms with Gasteiger partial charge in [-0.3, -0.25) is 4.68 Å². The molecular weight excluding hydrogens is 296 g/mol. The van der Waals surface area contributed by atoms with E-state index >= 15 is 0 Å². The molecule has 0 fully saturated rings. The van der Waals surface area contributed by atoms with Crippen LogP contribution in [0.4, 0.5) is 8.78 Å². The zero-order valence-corrected chi connectivity index (χ0v) is 12.6. The summed E-state index contributed by atoms with van der Waals surface area (Å²) < 4.78 is 27.9. The van der Waals surface area contributed by atoms with Gasteiger partial charge in [0.25, 0.3) is 6.43 Å². The number of hydrogen-bond acceptors (Lipinski definition) is 2. The van der Waals surface area contributed by atoms with Gasteiger partial charge in [0.2, 0.25) is 0 Å². The van der Waals surface area contributed by atoms with Crippen molar-refractivity contribution < 1.29 is 8.78 Å². The van der Waals surface area contributed by atoms with Crippen molar-refractivity contribution in [1.29, 1.82) is 0 Å². The number of alkyl halides is 2. The Morgan fingerprint density at radius 1 is 1.29 bits per heavy atom. The molecule has 0 unspecified atom stereocenters. The number of nitrogens with one attached hydrogen (secondary N) is 1. The summed E-state index contributed by atoms with van der Waals surface area (Å²) in [5.41, 5.74) is 1.42. The van der Waals surface area contributed by atoms with Crippen molar-refractivity contribution in [2.24, 2.45) is 0 Å². The minimum atomic E-state index is -2.54. The van der Waals surface area contributed by atoms with Gasteiger partial charge in [0.1, 0.15) is 5.69 Å². The summed E-state index contributed by atoms with van der Waals surface area (Å²) >= 11 is 5.82. The number of benzene rings is 1. The van der Waals surface area contributed by atoms with E-state index in [1.165, 1.54) is 10.9 Å². The molecule has 1 N–H and O–H groups in total. The second kappa shape index (κ2) is 7.52. The van der Waals surface area contributed by atoms with Crippen LogP contribution in [-0.2, 0) is 13.1 Å². The number of rotatable bonds is 7. The lowest BCUT2D eigenvalue weighted by atomic mass is 10.2. The summed E-state index contributed by atoms with van der Waals surface area (Å²) in [6.07, 6.45) is -0.0681. The fourth-order valence-corrected chi connectivity index (χ4v) is 2.24. The molecule has 21 heavy (non-hydrogen) atoms. The molecule has 0 aliphatic heterocycles. The van der Waals surface area contributed by atoms with E-state index in [1.807, 2.05) is 19.1 Å². The molecule has 0 saturated heterocycles. The first-order chi connectivity index (χ1) is 10.1. The molecule has 3 nitrogen and oxygen atoms in total. The molecular formula is C15H18ClF2N3. The van der Waals surface area contributed by atoms with Gasteiger partial charge in [-0.1, -0.05) is 30.7 Å². The van der Waals surface area contributed by atoms with Crippen molar-refractivity contribution in [2.45, 2.75) is 32.9 Å². The van der Waals surface area contributed by atoms with E-state index in [2.05, 4.69) is 10.4 Å². The van der Waals surface area contributed by atoms with E-state index in [4.69, 9.17) is 11.6 Å². The molecule has 0 aliphatic carbocycles. The van der Waals surface area contributed by atoms with Crippen LogP contribution in [0.1, 0.15) is 36.6 Å². The summed E-state index contributed by atoms with van der Waals surface area (Å²) in [4.78, 5) is 0. The van der Waals surface area contributed by atoms with Crippen LogP contribution >= 0.6 is 11.6 Å². The Kier molecular flexibility index (Phi) is 5.70. The molecule has 2 rings (SSSR count). The van der Waals surface area contributed by atoms with Gasteiger partial charge in [-0.25, -0.2) is 8.78 Å². The highest BCUT2D eigenvalue weighted by atomic mass is 35.5. The predicted octanol–water partition coefficient (Wildman–Crippen LogP) is 4.02. The van der Waals surface area contributed by atoms with Crippen LogP contribution in [0.2, 0.25) is 5.02 Å². The SMILES string of the molecule is CCCNCc1cnn(Cc2ccc(Cl)cc2)c1C(F)F. The van der Waals surface area contributed by atoms with Crippen LogP contribution in [0.3, 0.4) is 0 Å². The molecule has 0 aliphatic rings. The Morgan fingerprint density at radius 3 is 2.62 bits per heavy atom. The van der Waals surface area contributed by atoms with Gasteiger partial charge in [0.15, 0.2) is 0 Å². The minimum absolute atomic E-state index is 0.0199. The number of aromatic nitrogens is 2. The van der Waals surface area contributed by atoms with Gasteiger partial charge in [-0.15, -0.1) is 0 Å². The standard InChI is InChI=1S/C15H18ClF2N3/c1-2-7-19-8-12-9-20-21(14(12)15(17)18)10-11-3-5-13(16)6-4-11/h3-6,9,15,19H,2,7-8,10H2,1H3. The highest BCUT2D eigenvalue weighted by Gasteiger charge is 2.19. The summed E-state index contributed by atoms with van der Waals surface area (Å²) in [7, 11) is 0. The van der Waals surface area contributed by atoms with E-state index < -0.39 is 6.43 Å². The Hall–Kier alpha value is -1.46. The number of halogens is 3. The average molecular weight is 314 g/mol. The molecule has 1 aromatic carbocycles. The fraction of sp³-hybridized carbons (Fsp3) is 0.400. The van der Waals surface area contributed by atoms with E-state index in [1.54, 1.807) is 12.1 Å². The molecule has 1 heterocycles. The van der Waals surface area contributed by atoms with E-state index in [0.29, 0.717) is 23.7 Å². The first-order valence-electron chi connectivity index (χ1n) is 6.89. The van der Waals surface area contributed by atoms with Crippen LogP contribution in [0, 0.1) is 0 Å². The van der Waals surface area contributed by atoms with Crippen molar-refractivity contribution in [1.82, 2.24) is 15.1 Å². The van der Waals surface area contributed by atoms with Crippen LogP contribution in [0.15, 0.2) is 30.5 Å². The highest BCUT2D eigenvalue weighted by Crippen LogP contribution is 2.24. The second-order valence-electron chi connectivity index (χ2n) is 4.82. The molecule has 114 valence electrons. The topological polar surface area (TPSA) is 29.9 Å². The van der Waals surface area contributed by atoms with Gasteiger partial charge < -0.3 is 5.32 Å². The van der Waals surface area contributed by atoms with E-state index in [0.717, 1.165) is 18.5 Å². The van der Waals surface area contributed by atoms with E-state index in [9.17, 15) is 8.78 Å². The van der Waals surface area contributed by atoms with Gasteiger partial charge in [-0.05, 0) is 30.7 Å². The zero-order chi connectivity index (χ0) is 15.2. The third-order valence-corrected chi connectivity index (χ3v) is 3.41. The van der Waals surface area contributed by atoms with Crippen LogP contribution in [0.25, 0.3) is 0 Å².